The molecular formula is C10H12N2O2. The molecular weight excluding hydrogens is 180 g/mol. The van der Waals surface area contributed by atoms with Crippen molar-refractivity contribution in [2.45, 2.75) is 6.92 Å². The van der Waals surface area contributed by atoms with Crippen LogP contribution in [0.15, 0.2) is 18.2 Å². The molecule has 0 saturated carbocycles. The van der Waals surface area contributed by atoms with Crippen molar-refractivity contribution in [3.63, 3.8) is 0 Å². The van der Waals surface area contributed by atoms with Crippen LogP contribution in [-0.4, -0.2) is 18.0 Å². The van der Waals surface area contributed by atoms with Gasteiger partial charge in [0.25, 0.3) is 0 Å². The number of ether oxygens (including phenoxy) is 1. The number of carbonyl (C=O) groups is 1. The van der Waals surface area contributed by atoms with Gasteiger partial charge < -0.3 is 10.5 Å². The van der Waals surface area contributed by atoms with Crippen LogP contribution < -0.4 is 10.5 Å². The highest BCUT2D eigenvalue weighted by molar-refractivity contribution is 5.90. The van der Waals surface area contributed by atoms with Crippen LogP contribution in [0.5, 0.6) is 5.88 Å². The third-order valence-electron chi connectivity index (χ3n) is 1.74. The van der Waals surface area contributed by atoms with E-state index in [2.05, 4.69) is 4.98 Å². The molecule has 0 aromatic carbocycles. The Bertz CT molecular complexity index is 372. The molecule has 0 spiro atoms. The van der Waals surface area contributed by atoms with Crippen molar-refractivity contribution in [2.24, 2.45) is 5.73 Å². The summed E-state index contributed by atoms with van der Waals surface area (Å²) < 4.78 is 4.95. The number of amides is 1. The highest BCUT2D eigenvalue weighted by atomic mass is 16.5. The fourth-order valence-corrected chi connectivity index (χ4v) is 1.01. The summed E-state index contributed by atoms with van der Waals surface area (Å²) in [4.78, 5) is 14.6. The Labute approximate surface area is 82.4 Å². The molecule has 0 aliphatic carbocycles. The largest absolute Gasteiger partial charge is 0.481 e. The van der Waals surface area contributed by atoms with E-state index in [1.54, 1.807) is 19.3 Å². The Morgan fingerprint density at radius 1 is 1.57 bits per heavy atom. The first-order valence-electron chi connectivity index (χ1n) is 4.12. The summed E-state index contributed by atoms with van der Waals surface area (Å²) in [6.07, 6.45) is 2.93. The monoisotopic (exact) mass is 192 g/mol. The molecule has 1 aromatic heterocycles. The van der Waals surface area contributed by atoms with E-state index in [4.69, 9.17) is 10.5 Å². The molecule has 0 radical (unpaired) electrons. The van der Waals surface area contributed by atoms with Gasteiger partial charge in [-0.15, -0.1) is 0 Å². The van der Waals surface area contributed by atoms with Crippen molar-refractivity contribution in [1.29, 1.82) is 0 Å². The van der Waals surface area contributed by atoms with Crippen LogP contribution in [0.2, 0.25) is 0 Å². The SMILES string of the molecule is COc1ccc(C=CC(N)=O)c(C)n1. The summed E-state index contributed by atoms with van der Waals surface area (Å²) in [6.45, 7) is 1.84. The Morgan fingerprint density at radius 2 is 2.29 bits per heavy atom. The van der Waals surface area contributed by atoms with Crippen LogP contribution in [0.25, 0.3) is 6.08 Å². The normalized spacial score (nSPS) is 10.4. The van der Waals surface area contributed by atoms with Crippen molar-refractivity contribution >= 4 is 12.0 Å². The van der Waals surface area contributed by atoms with Gasteiger partial charge in [-0.25, -0.2) is 4.98 Å². The number of nitrogens with two attached hydrogens (primary N) is 1. The minimum Gasteiger partial charge on any atom is -0.481 e. The number of hydrogen-bond acceptors (Lipinski definition) is 3. The van der Waals surface area contributed by atoms with E-state index in [1.807, 2.05) is 13.0 Å². The highest BCUT2D eigenvalue weighted by Crippen LogP contribution is 2.12. The van der Waals surface area contributed by atoms with Gasteiger partial charge in [0.05, 0.1) is 7.11 Å². The molecule has 4 heteroatoms. The van der Waals surface area contributed by atoms with Crippen molar-refractivity contribution in [2.75, 3.05) is 7.11 Å². The summed E-state index contributed by atoms with van der Waals surface area (Å²) in [6, 6.07) is 3.55. The van der Waals surface area contributed by atoms with Gasteiger partial charge in [0.1, 0.15) is 0 Å². The number of carbonyl (C=O) groups excluding carboxylic acids is 1. The maximum atomic E-state index is 10.5. The standard InChI is InChI=1S/C10H12N2O2/c1-7-8(3-5-9(11)13)4-6-10(12-7)14-2/h3-6H,1-2H3,(H2,11,13). The first-order valence-corrected chi connectivity index (χ1v) is 4.12. The van der Waals surface area contributed by atoms with Crippen LogP contribution in [-0.2, 0) is 4.79 Å². The van der Waals surface area contributed by atoms with Crippen molar-refractivity contribution < 1.29 is 9.53 Å². The molecule has 1 aromatic rings. The van der Waals surface area contributed by atoms with Crippen molar-refractivity contribution in [1.82, 2.24) is 4.98 Å². The minimum atomic E-state index is -0.472. The molecule has 0 atom stereocenters. The van der Waals surface area contributed by atoms with E-state index in [-0.39, 0.29) is 0 Å². The molecule has 0 saturated heterocycles. The third kappa shape index (κ3) is 2.58. The zero-order valence-corrected chi connectivity index (χ0v) is 8.15. The second kappa shape index (κ2) is 4.41. The Hall–Kier alpha value is -1.84. The average Bonchev–Trinajstić information content (AvgIpc) is 2.15. The van der Waals surface area contributed by atoms with E-state index < -0.39 is 5.91 Å². The number of nitrogens with zero attached hydrogens (tertiary/aromatic N) is 1. The zero-order valence-electron chi connectivity index (χ0n) is 8.15. The number of pyridine rings is 1. The smallest absolute Gasteiger partial charge is 0.241 e. The van der Waals surface area contributed by atoms with Crippen LogP contribution in [0.1, 0.15) is 11.3 Å². The molecule has 0 fully saturated rings. The van der Waals surface area contributed by atoms with Crippen molar-refractivity contribution in [3.8, 4) is 5.88 Å². The lowest BCUT2D eigenvalue weighted by molar-refractivity contribution is -0.113. The number of aromatic nitrogens is 1. The summed E-state index contributed by atoms with van der Waals surface area (Å²) >= 11 is 0. The minimum absolute atomic E-state index is 0.472. The number of methoxy groups -OCH3 is 1. The lowest BCUT2D eigenvalue weighted by Gasteiger charge is -2.02. The third-order valence-corrected chi connectivity index (χ3v) is 1.74. The van der Waals surface area contributed by atoms with Gasteiger partial charge in [-0.3, -0.25) is 4.79 Å². The number of hydrogen-bond donors (Lipinski definition) is 1. The average molecular weight is 192 g/mol. The fourth-order valence-electron chi connectivity index (χ4n) is 1.01. The summed E-state index contributed by atoms with van der Waals surface area (Å²) in [5, 5.41) is 0. The summed E-state index contributed by atoms with van der Waals surface area (Å²) in [5.74, 6) is 0.0824. The quantitative estimate of drug-likeness (QED) is 0.723. The maximum absolute atomic E-state index is 10.5. The van der Waals surface area contributed by atoms with E-state index in [1.165, 1.54) is 6.08 Å². The molecule has 1 rings (SSSR count). The lowest BCUT2D eigenvalue weighted by atomic mass is 10.2. The van der Waals surface area contributed by atoms with Gasteiger partial charge in [0.15, 0.2) is 0 Å². The van der Waals surface area contributed by atoms with Crippen LogP contribution in [0, 0.1) is 6.92 Å². The molecule has 0 aliphatic rings. The van der Waals surface area contributed by atoms with Gasteiger partial charge in [0, 0.05) is 17.8 Å². The molecule has 0 unspecified atom stereocenters. The van der Waals surface area contributed by atoms with Gasteiger partial charge >= 0.3 is 0 Å². The van der Waals surface area contributed by atoms with E-state index in [0.717, 1.165) is 11.3 Å². The predicted molar refractivity (Wildman–Crippen MR) is 53.8 cm³/mol. The van der Waals surface area contributed by atoms with E-state index in [9.17, 15) is 4.79 Å². The number of primary amides is 1. The Kier molecular flexibility index (Phi) is 3.23. The Balaban J connectivity index is 2.94. The van der Waals surface area contributed by atoms with Gasteiger partial charge in [-0.2, -0.15) is 0 Å². The van der Waals surface area contributed by atoms with Gasteiger partial charge in [0.2, 0.25) is 11.8 Å². The Morgan fingerprint density at radius 3 is 2.79 bits per heavy atom. The molecule has 2 N–H and O–H groups in total. The van der Waals surface area contributed by atoms with E-state index >= 15 is 0 Å². The fraction of sp³-hybridized carbons (Fsp3) is 0.200. The van der Waals surface area contributed by atoms with Crippen LogP contribution >= 0.6 is 0 Å². The molecule has 1 amide bonds. The summed E-state index contributed by atoms with van der Waals surface area (Å²) in [7, 11) is 1.56. The second-order valence-corrected chi connectivity index (χ2v) is 2.76. The van der Waals surface area contributed by atoms with Crippen LogP contribution in [0.4, 0.5) is 0 Å². The van der Waals surface area contributed by atoms with Gasteiger partial charge in [-0.1, -0.05) is 0 Å². The molecule has 74 valence electrons. The molecule has 0 bridgehead atoms. The maximum Gasteiger partial charge on any atom is 0.241 e. The lowest BCUT2D eigenvalue weighted by Crippen LogP contribution is -2.05. The van der Waals surface area contributed by atoms with E-state index in [0.29, 0.717) is 5.88 Å². The second-order valence-electron chi connectivity index (χ2n) is 2.76. The highest BCUT2D eigenvalue weighted by Gasteiger charge is 1.98. The molecule has 0 aliphatic heterocycles. The van der Waals surface area contributed by atoms with Crippen molar-refractivity contribution in [3.05, 3.63) is 29.5 Å². The summed E-state index contributed by atoms with van der Waals surface area (Å²) in [5.41, 5.74) is 6.62. The topological polar surface area (TPSA) is 65.2 Å². The molecule has 4 nitrogen and oxygen atoms in total. The first kappa shape index (κ1) is 10.2. The zero-order chi connectivity index (χ0) is 10.6. The van der Waals surface area contributed by atoms with Gasteiger partial charge in [-0.05, 0) is 24.6 Å². The molecule has 1 heterocycles. The molecule has 14 heavy (non-hydrogen) atoms. The first-order chi connectivity index (χ1) is 6.63. The number of rotatable bonds is 3. The predicted octanol–water partition coefficient (Wildman–Crippen LogP) is 0.897. The van der Waals surface area contributed by atoms with Crippen LogP contribution in [0.3, 0.4) is 0 Å². The number of aryl methyl sites for hydroxylation is 1.